The van der Waals surface area contributed by atoms with Gasteiger partial charge < -0.3 is 51.7 Å². The van der Waals surface area contributed by atoms with Crippen molar-refractivity contribution in [2.75, 3.05) is 0 Å². The molecular formula is C20H34N8O4Y2-4. The van der Waals surface area contributed by atoms with E-state index < -0.39 is 0 Å². The van der Waals surface area contributed by atoms with Gasteiger partial charge in [-0.3, -0.25) is 25.2 Å². The monoisotopic (exact) mass is 628 g/mol. The molecule has 0 saturated carbocycles. The Morgan fingerprint density at radius 3 is 1.26 bits per heavy atom. The zero-order chi connectivity index (χ0) is 26.5. The molecule has 0 aliphatic rings. The summed E-state index contributed by atoms with van der Waals surface area (Å²) in [6.45, 7) is 9.65. The van der Waals surface area contributed by atoms with Gasteiger partial charge in [-0.1, -0.05) is 0 Å². The smallest absolute Gasteiger partial charge is 0.135 e. The number of hydrogen-bond acceptors (Lipinski definition) is 8. The average molecular weight is 628 g/mol. The number of carbonyl (C=O) groups is 2. The number of amidine groups is 2. The molecule has 0 atom stereocenters. The van der Waals surface area contributed by atoms with Gasteiger partial charge in [0, 0.05) is 108 Å². The van der Waals surface area contributed by atoms with Gasteiger partial charge in [-0.05, 0) is 44.8 Å². The number of rotatable bonds is 12. The maximum Gasteiger partial charge on any atom is 0.135 e. The second kappa shape index (κ2) is 41.7. The number of carbonyl (C=O) groups excluding carboxylic acids is 4. The summed E-state index contributed by atoms with van der Waals surface area (Å²) in [6, 6.07) is 0. The summed E-state index contributed by atoms with van der Waals surface area (Å²) in [5.74, 6) is 0.0642. The number of nitrogens with one attached hydrogen (secondary N) is 4. The van der Waals surface area contributed by atoms with Crippen LogP contribution in [0.4, 0.5) is 0 Å². The van der Waals surface area contributed by atoms with Crippen molar-refractivity contribution in [3.8, 4) is 0 Å². The van der Waals surface area contributed by atoms with Crippen LogP contribution < -0.4 is 11.5 Å². The first-order chi connectivity index (χ1) is 14.9. The maximum atomic E-state index is 10.7. The molecule has 34 heavy (non-hydrogen) atoms. The zero-order valence-corrected chi connectivity index (χ0v) is 25.6. The van der Waals surface area contributed by atoms with E-state index in [4.69, 9.17) is 53.5 Å². The predicted octanol–water partition coefficient (Wildman–Crippen LogP) is 2.62. The summed E-state index contributed by atoms with van der Waals surface area (Å²) in [4.78, 5) is 37.7. The largest absolute Gasteiger partial charge is 0.724 e. The van der Waals surface area contributed by atoms with Crippen molar-refractivity contribution in [3.63, 3.8) is 0 Å². The van der Waals surface area contributed by atoms with Crippen molar-refractivity contribution in [2.45, 2.75) is 65.2 Å². The van der Waals surface area contributed by atoms with Crippen LogP contribution >= 0.6 is 0 Å². The molecule has 0 spiro atoms. The van der Waals surface area contributed by atoms with Gasteiger partial charge in [0.25, 0.3) is 0 Å². The fourth-order valence-corrected chi connectivity index (χ4v) is 1.70. The van der Waals surface area contributed by atoms with Gasteiger partial charge in [-0.2, -0.15) is 6.92 Å². The van der Waals surface area contributed by atoms with E-state index in [9.17, 15) is 9.59 Å². The topological polar surface area (TPSA) is 260 Å². The Morgan fingerprint density at radius 2 is 1.03 bits per heavy atom. The van der Waals surface area contributed by atoms with E-state index in [0.717, 1.165) is 0 Å². The number of nitrogens with two attached hydrogens (primary N) is 2. The summed E-state index contributed by atoms with van der Waals surface area (Å²) < 4.78 is 0. The van der Waals surface area contributed by atoms with E-state index in [-0.39, 0.29) is 101 Å². The molecule has 0 heterocycles. The van der Waals surface area contributed by atoms with Gasteiger partial charge in [-0.25, -0.2) is 0 Å². The van der Waals surface area contributed by atoms with Crippen LogP contribution in [0.15, 0.2) is 0 Å². The van der Waals surface area contributed by atoms with E-state index in [2.05, 4.69) is 13.8 Å². The molecule has 0 aliphatic carbocycles. The minimum atomic E-state index is -0.251. The third-order valence-corrected chi connectivity index (χ3v) is 2.72. The van der Waals surface area contributed by atoms with E-state index in [0.29, 0.717) is 62.1 Å². The molecule has 14 heteroatoms. The molecule has 0 amide bonds. The molecule has 0 aromatic rings. The van der Waals surface area contributed by atoms with Crippen LogP contribution in [0.5, 0.6) is 0 Å². The molecule has 2 radical (unpaired) electrons. The zero-order valence-electron chi connectivity index (χ0n) is 19.9. The standard InChI is InChI=1S/C11H17N2O2.C5H12N4.C2H5.2CNO.2Y/c1-8(14)6-10(12)4-3-5-11(13)7-9(2)15;6-4(7)2-1-3-5(8)9;1-2;2*2-1-3;;/h12-13H,1,3-7H2,2H3;1-3H2,(H3,6,7)(H3,8,9);1H2,2H3;;;;/q-1;;3*-1;;. The van der Waals surface area contributed by atoms with Crippen molar-refractivity contribution in [1.29, 1.82) is 21.6 Å². The minimum Gasteiger partial charge on any atom is -0.724 e. The molecule has 0 unspecified atom stereocenters. The number of isocyanates is 2. The molecule has 0 saturated heterocycles. The van der Waals surface area contributed by atoms with Crippen molar-refractivity contribution in [1.82, 2.24) is 0 Å². The normalized spacial score (nSPS) is 7.26. The average Bonchev–Trinajstić information content (AvgIpc) is 2.63. The van der Waals surface area contributed by atoms with Gasteiger partial charge in [-0.15, -0.1) is 0 Å². The Labute approximate surface area is 252 Å². The van der Waals surface area contributed by atoms with Crippen LogP contribution in [0.2, 0.25) is 0 Å². The van der Waals surface area contributed by atoms with Crippen LogP contribution in [0, 0.1) is 35.5 Å². The summed E-state index contributed by atoms with van der Waals surface area (Å²) in [5.41, 5.74) is 10.9. The third-order valence-electron chi connectivity index (χ3n) is 2.72. The SMILES string of the molecule is N=C(N)CCCC(=N)N.[CH2-]C.[CH2-]C(=O)CC(=N)CCCC(=N)CC(C)=O.[N-]=C=O.[N-]=C=O.[Y].[Y]. The molecule has 188 valence electrons. The fraction of sp³-hybridized carbons (Fsp3) is 0.500. The molecular weight excluding hydrogens is 594 g/mol. The van der Waals surface area contributed by atoms with E-state index in [1.165, 1.54) is 6.92 Å². The van der Waals surface area contributed by atoms with Gasteiger partial charge in [0.2, 0.25) is 0 Å². The molecule has 0 aromatic heterocycles. The van der Waals surface area contributed by atoms with Crippen molar-refractivity contribution in [2.24, 2.45) is 11.5 Å². The summed E-state index contributed by atoms with van der Waals surface area (Å²) >= 11 is 0. The van der Waals surface area contributed by atoms with Crippen LogP contribution in [0.3, 0.4) is 0 Å². The summed E-state index contributed by atoms with van der Waals surface area (Å²) in [5, 5.41) is 42.0. The first-order valence-electron chi connectivity index (χ1n) is 9.23. The second-order valence-electron chi connectivity index (χ2n) is 5.74. The number of nitrogens with zero attached hydrogens (tertiary/aromatic N) is 2. The number of hydrogen-bond donors (Lipinski definition) is 6. The molecule has 0 aliphatic heterocycles. The van der Waals surface area contributed by atoms with Gasteiger partial charge in [0.15, 0.2) is 0 Å². The molecule has 0 aromatic carbocycles. The van der Waals surface area contributed by atoms with Crippen molar-refractivity contribution < 1.29 is 84.6 Å². The van der Waals surface area contributed by atoms with Gasteiger partial charge in [0.1, 0.15) is 5.78 Å². The summed E-state index contributed by atoms with van der Waals surface area (Å²) in [7, 11) is 0. The van der Waals surface area contributed by atoms with Crippen LogP contribution in [0.25, 0.3) is 10.8 Å². The number of Topliss-reactive ketones (excluding diaryl/α,β-unsaturated/α-hetero) is 2. The predicted molar refractivity (Wildman–Crippen MR) is 126 cm³/mol. The Morgan fingerprint density at radius 1 is 0.765 bits per heavy atom. The maximum absolute atomic E-state index is 10.7. The Bertz CT molecular complexity index is 605. The quantitative estimate of drug-likeness (QED) is 0.0818. The summed E-state index contributed by atoms with van der Waals surface area (Å²) in [6.07, 6.45) is 4.76. The van der Waals surface area contributed by atoms with Gasteiger partial charge >= 0.3 is 0 Å². The second-order valence-corrected chi connectivity index (χ2v) is 5.74. The Kier molecular flexibility index (Phi) is 60.8. The molecule has 0 fully saturated rings. The van der Waals surface area contributed by atoms with Crippen LogP contribution in [0.1, 0.15) is 65.2 Å². The van der Waals surface area contributed by atoms with E-state index in [1.807, 2.05) is 0 Å². The fourth-order valence-electron chi connectivity index (χ4n) is 1.70. The molecule has 0 bridgehead atoms. The minimum absolute atomic E-state index is 0. The van der Waals surface area contributed by atoms with Crippen LogP contribution in [-0.2, 0) is 84.6 Å². The molecule has 0 rings (SSSR count). The Balaban J connectivity index is -0.0000000657. The molecule has 8 N–H and O–H groups in total. The Hall–Kier alpha value is -1.54. The van der Waals surface area contributed by atoms with Crippen LogP contribution in [-0.4, -0.2) is 46.8 Å². The van der Waals surface area contributed by atoms with E-state index >= 15 is 0 Å². The third kappa shape index (κ3) is 77.6. The number of ketones is 2. The van der Waals surface area contributed by atoms with Gasteiger partial charge in [0.05, 0.1) is 11.7 Å². The van der Waals surface area contributed by atoms with Crippen molar-refractivity contribution in [3.05, 3.63) is 24.7 Å². The molecule has 12 nitrogen and oxygen atoms in total. The first kappa shape index (κ1) is 49.6. The first-order valence-corrected chi connectivity index (χ1v) is 9.23. The van der Waals surface area contributed by atoms with E-state index in [1.54, 1.807) is 6.92 Å². The van der Waals surface area contributed by atoms with Crippen molar-refractivity contribution >= 4 is 46.8 Å².